The predicted molar refractivity (Wildman–Crippen MR) is 75.2 cm³/mol. The van der Waals surface area contributed by atoms with Crippen LogP contribution in [0.25, 0.3) is 10.8 Å². The summed E-state index contributed by atoms with van der Waals surface area (Å²) in [6.07, 6.45) is 0. The number of halogens is 1. The summed E-state index contributed by atoms with van der Waals surface area (Å²) in [7, 11) is 0. The Bertz CT molecular complexity index is 760. The second-order valence-corrected chi connectivity index (χ2v) is 4.86. The van der Waals surface area contributed by atoms with E-state index in [-0.39, 0.29) is 11.8 Å². The van der Waals surface area contributed by atoms with Gasteiger partial charge in [-0.1, -0.05) is 12.1 Å². The lowest BCUT2D eigenvalue weighted by molar-refractivity contribution is 0.0619. The third-order valence-electron chi connectivity index (χ3n) is 3.52. The minimum atomic E-state index is -0.605. The quantitative estimate of drug-likeness (QED) is 0.630. The van der Waals surface area contributed by atoms with Crippen molar-refractivity contribution in [1.82, 2.24) is 4.90 Å². The maximum Gasteiger partial charge on any atom is 0.261 e. The van der Waals surface area contributed by atoms with Crippen LogP contribution in [0.2, 0.25) is 0 Å². The van der Waals surface area contributed by atoms with Gasteiger partial charge in [0, 0.05) is 28.6 Å². The molecule has 0 unspecified atom stereocenters. The van der Waals surface area contributed by atoms with Crippen molar-refractivity contribution in [2.45, 2.75) is 6.92 Å². The molecular formula is C15H10ClNO3. The largest absolute Gasteiger partial charge is 0.276 e. The van der Waals surface area contributed by atoms with Gasteiger partial charge in [0.2, 0.25) is 0 Å². The van der Waals surface area contributed by atoms with Gasteiger partial charge in [0.1, 0.15) is 0 Å². The molecule has 0 N–H and O–H groups in total. The van der Waals surface area contributed by atoms with E-state index in [9.17, 15) is 14.4 Å². The Hall–Kier alpha value is -2.20. The summed E-state index contributed by atoms with van der Waals surface area (Å²) in [5.41, 5.74) is 1.16. The Morgan fingerprint density at radius 2 is 1.75 bits per heavy atom. The number of imide groups is 1. The van der Waals surface area contributed by atoms with E-state index < -0.39 is 5.24 Å². The van der Waals surface area contributed by atoms with Crippen molar-refractivity contribution in [3.8, 4) is 0 Å². The molecule has 0 radical (unpaired) electrons. The van der Waals surface area contributed by atoms with Crippen LogP contribution in [0.1, 0.15) is 38.0 Å². The molecule has 0 aromatic heterocycles. The van der Waals surface area contributed by atoms with Crippen LogP contribution < -0.4 is 0 Å². The van der Waals surface area contributed by atoms with Gasteiger partial charge in [0.15, 0.2) is 0 Å². The Morgan fingerprint density at radius 3 is 2.35 bits per heavy atom. The first kappa shape index (κ1) is 12.8. The molecule has 100 valence electrons. The second kappa shape index (κ2) is 4.42. The Balaban J connectivity index is 2.44. The van der Waals surface area contributed by atoms with Crippen molar-refractivity contribution in [3.05, 3.63) is 47.0 Å². The highest BCUT2D eigenvalue weighted by Gasteiger charge is 2.32. The number of hydrogen-bond acceptors (Lipinski definition) is 3. The highest BCUT2D eigenvalue weighted by Crippen LogP contribution is 2.32. The van der Waals surface area contributed by atoms with Crippen LogP contribution in [0.5, 0.6) is 0 Å². The van der Waals surface area contributed by atoms with Gasteiger partial charge in [-0.05, 0) is 42.1 Å². The molecule has 4 nitrogen and oxygen atoms in total. The van der Waals surface area contributed by atoms with Gasteiger partial charge in [0.25, 0.3) is 17.1 Å². The first-order chi connectivity index (χ1) is 9.56. The molecule has 0 spiro atoms. The molecule has 1 aliphatic heterocycles. The van der Waals surface area contributed by atoms with Crippen molar-refractivity contribution < 1.29 is 14.4 Å². The van der Waals surface area contributed by atoms with Crippen LogP contribution in [0.15, 0.2) is 30.3 Å². The Kier molecular flexibility index (Phi) is 2.83. The summed E-state index contributed by atoms with van der Waals surface area (Å²) in [4.78, 5) is 37.3. The lowest BCUT2D eigenvalue weighted by Crippen LogP contribution is -2.40. The van der Waals surface area contributed by atoms with E-state index >= 15 is 0 Å². The zero-order valence-corrected chi connectivity index (χ0v) is 11.4. The maximum absolute atomic E-state index is 12.3. The molecule has 1 aliphatic rings. The minimum absolute atomic E-state index is 0.304. The number of benzene rings is 2. The molecule has 0 bridgehead atoms. The smallest absolute Gasteiger partial charge is 0.261 e. The van der Waals surface area contributed by atoms with E-state index in [1.165, 1.54) is 11.0 Å². The zero-order chi connectivity index (χ0) is 14.4. The highest BCUT2D eigenvalue weighted by atomic mass is 35.5. The van der Waals surface area contributed by atoms with E-state index in [0.29, 0.717) is 34.0 Å². The average molecular weight is 288 g/mol. The molecule has 0 saturated carbocycles. The van der Waals surface area contributed by atoms with E-state index in [2.05, 4.69) is 0 Å². The summed E-state index contributed by atoms with van der Waals surface area (Å²) >= 11 is 5.56. The molecule has 5 heteroatoms. The third kappa shape index (κ3) is 1.58. The first-order valence-corrected chi connectivity index (χ1v) is 6.55. The molecule has 3 rings (SSSR count). The molecule has 2 aromatic carbocycles. The van der Waals surface area contributed by atoms with Gasteiger partial charge in [-0.25, -0.2) is 0 Å². The second-order valence-electron chi connectivity index (χ2n) is 4.52. The van der Waals surface area contributed by atoms with Gasteiger partial charge < -0.3 is 0 Å². The SMILES string of the molecule is CCN1C(=O)c2cccc3c(C(=O)Cl)ccc(c23)C1=O. The lowest BCUT2D eigenvalue weighted by Gasteiger charge is -2.26. The van der Waals surface area contributed by atoms with E-state index in [0.717, 1.165) is 0 Å². The number of carbonyl (C=O) groups is 3. The van der Waals surface area contributed by atoms with Crippen molar-refractivity contribution >= 4 is 39.4 Å². The van der Waals surface area contributed by atoms with Crippen molar-refractivity contribution in [1.29, 1.82) is 0 Å². The lowest BCUT2D eigenvalue weighted by atomic mass is 9.91. The fraction of sp³-hybridized carbons (Fsp3) is 0.133. The molecule has 0 atom stereocenters. The third-order valence-corrected chi connectivity index (χ3v) is 3.72. The first-order valence-electron chi connectivity index (χ1n) is 6.18. The fourth-order valence-corrected chi connectivity index (χ4v) is 2.77. The van der Waals surface area contributed by atoms with Gasteiger partial charge in [-0.15, -0.1) is 0 Å². The highest BCUT2D eigenvalue weighted by molar-refractivity contribution is 6.68. The number of carbonyl (C=O) groups excluding carboxylic acids is 3. The van der Waals surface area contributed by atoms with Crippen LogP contribution in [0.3, 0.4) is 0 Å². The molecule has 0 fully saturated rings. The van der Waals surface area contributed by atoms with E-state index in [1.807, 2.05) is 0 Å². The van der Waals surface area contributed by atoms with Crippen LogP contribution in [0.4, 0.5) is 0 Å². The summed E-state index contributed by atoms with van der Waals surface area (Å²) in [5.74, 6) is -0.676. The standard InChI is InChI=1S/C15H10ClNO3/c1-2-17-14(19)10-5-3-4-8-9(13(16)18)6-7-11(12(8)10)15(17)20/h3-7H,2H2,1H3. The monoisotopic (exact) mass is 287 g/mol. The van der Waals surface area contributed by atoms with Crippen molar-refractivity contribution in [3.63, 3.8) is 0 Å². The summed E-state index contributed by atoms with van der Waals surface area (Å²) in [5, 5.41) is 0.447. The average Bonchev–Trinajstić information content (AvgIpc) is 2.44. The fourth-order valence-electron chi connectivity index (χ4n) is 2.60. The predicted octanol–water partition coefficient (Wildman–Crippen LogP) is 2.83. The molecule has 2 aromatic rings. The number of amides is 2. The van der Waals surface area contributed by atoms with Gasteiger partial charge in [-0.3, -0.25) is 19.3 Å². The molecular weight excluding hydrogens is 278 g/mol. The summed E-state index contributed by atoms with van der Waals surface area (Å²) in [6, 6.07) is 8.12. The van der Waals surface area contributed by atoms with Crippen molar-refractivity contribution in [2.75, 3.05) is 6.54 Å². The topological polar surface area (TPSA) is 54.5 Å². The van der Waals surface area contributed by atoms with Gasteiger partial charge in [-0.2, -0.15) is 0 Å². The zero-order valence-electron chi connectivity index (χ0n) is 10.6. The van der Waals surface area contributed by atoms with E-state index in [4.69, 9.17) is 11.6 Å². The molecule has 20 heavy (non-hydrogen) atoms. The van der Waals surface area contributed by atoms with Gasteiger partial charge in [0.05, 0.1) is 0 Å². The Labute approximate surface area is 119 Å². The van der Waals surface area contributed by atoms with Gasteiger partial charge >= 0.3 is 0 Å². The van der Waals surface area contributed by atoms with Crippen LogP contribution >= 0.6 is 11.6 Å². The molecule has 1 heterocycles. The number of rotatable bonds is 2. The number of hydrogen-bond donors (Lipinski definition) is 0. The van der Waals surface area contributed by atoms with Crippen LogP contribution in [-0.4, -0.2) is 28.5 Å². The normalized spacial score (nSPS) is 14.0. The van der Waals surface area contributed by atoms with E-state index in [1.54, 1.807) is 31.2 Å². The summed E-state index contributed by atoms with van der Waals surface area (Å²) in [6.45, 7) is 2.06. The molecule has 2 amide bonds. The minimum Gasteiger partial charge on any atom is -0.276 e. The number of nitrogens with zero attached hydrogens (tertiary/aromatic N) is 1. The molecule has 0 saturated heterocycles. The Morgan fingerprint density at radius 1 is 1.10 bits per heavy atom. The summed E-state index contributed by atoms with van der Waals surface area (Å²) < 4.78 is 0. The molecule has 0 aliphatic carbocycles. The maximum atomic E-state index is 12.3. The van der Waals surface area contributed by atoms with Crippen LogP contribution in [-0.2, 0) is 0 Å². The van der Waals surface area contributed by atoms with Crippen LogP contribution in [0, 0.1) is 0 Å². The van der Waals surface area contributed by atoms with Crippen molar-refractivity contribution in [2.24, 2.45) is 0 Å².